The van der Waals surface area contributed by atoms with E-state index in [1.807, 2.05) is 0 Å². The Morgan fingerprint density at radius 1 is 1.50 bits per heavy atom. The van der Waals surface area contributed by atoms with Gasteiger partial charge in [-0.3, -0.25) is 20.0 Å². The van der Waals surface area contributed by atoms with E-state index in [4.69, 9.17) is 0 Å². The van der Waals surface area contributed by atoms with Gasteiger partial charge in [0, 0.05) is 19.0 Å². The number of hydrogen-bond acceptors (Lipinski definition) is 5. The molecule has 0 saturated carbocycles. The number of nitrogens with zero attached hydrogens (tertiary/aromatic N) is 3. The molecule has 9 heteroatoms. The maximum atomic E-state index is 12.0. The van der Waals surface area contributed by atoms with Crippen molar-refractivity contribution in [3.8, 4) is 0 Å². The Hall–Kier alpha value is -2.29. The van der Waals surface area contributed by atoms with Crippen LogP contribution in [0.5, 0.6) is 0 Å². The topological polar surface area (TPSA) is 114 Å². The van der Waals surface area contributed by atoms with Crippen molar-refractivity contribution in [1.29, 1.82) is 0 Å². The number of aromatic nitrogens is 3. The molecule has 2 rings (SSSR count). The summed E-state index contributed by atoms with van der Waals surface area (Å²) >= 11 is 3.08. The fourth-order valence-electron chi connectivity index (χ4n) is 1.58. The van der Waals surface area contributed by atoms with E-state index in [0.29, 0.717) is 18.8 Å². The van der Waals surface area contributed by atoms with E-state index in [9.17, 15) is 14.9 Å². The number of nitro benzene ring substituents is 1. The fourth-order valence-corrected chi connectivity index (χ4v) is 2.17. The summed E-state index contributed by atoms with van der Waals surface area (Å²) in [4.78, 5) is 26.1. The summed E-state index contributed by atoms with van der Waals surface area (Å²) in [7, 11) is 0. The third-order valence-electron chi connectivity index (χ3n) is 2.53. The standard InChI is InChI=1S/C11H10BrN5O3/c12-10-7(2-1-3-8(10)17(19)20)11(18)13-5-4-9-14-6-15-16-9/h1-3,6H,4-5H2,(H,13,18)(H,14,15,16). The van der Waals surface area contributed by atoms with Gasteiger partial charge in [-0.05, 0) is 22.0 Å². The van der Waals surface area contributed by atoms with Crippen LogP contribution in [-0.2, 0) is 6.42 Å². The summed E-state index contributed by atoms with van der Waals surface area (Å²) in [5.41, 5.74) is 0.0738. The first-order valence-electron chi connectivity index (χ1n) is 5.65. The summed E-state index contributed by atoms with van der Waals surface area (Å²) in [5.74, 6) is 0.267. The number of benzene rings is 1. The van der Waals surface area contributed by atoms with Gasteiger partial charge in [0.1, 0.15) is 16.6 Å². The Kier molecular flexibility index (Phi) is 4.41. The first-order valence-corrected chi connectivity index (χ1v) is 6.44. The summed E-state index contributed by atoms with van der Waals surface area (Å²) in [6.07, 6.45) is 1.88. The van der Waals surface area contributed by atoms with Crippen LogP contribution in [0.25, 0.3) is 0 Å². The minimum absolute atomic E-state index is 0.145. The van der Waals surface area contributed by atoms with Crippen LogP contribution in [0.1, 0.15) is 16.2 Å². The summed E-state index contributed by atoms with van der Waals surface area (Å²) in [6, 6.07) is 4.31. The van der Waals surface area contributed by atoms with Gasteiger partial charge < -0.3 is 5.32 Å². The van der Waals surface area contributed by atoms with Crippen molar-refractivity contribution in [2.24, 2.45) is 0 Å². The van der Waals surface area contributed by atoms with E-state index in [2.05, 4.69) is 36.4 Å². The van der Waals surface area contributed by atoms with Crippen molar-refractivity contribution in [2.45, 2.75) is 6.42 Å². The Morgan fingerprint density at radius 2 is 2.30 bits per heavy atom. The molecule has 8 nitrogen and oxygen atoms in total. The molecule has 0 atom stereocenters. The van der Waals surface area contributed by atoms with Gasteiger partial charge in [-0.2, -0.15) is 5.10 Å². The van der Waals surface area contributed by atoms with Crippen LogP contribution in [0.2, 0.25) is 0 Å². The number of carbonyl (C=O) groups excluding carboxylic acids is 1. The van der Waals surface area contributed by atoms with Gasteiger partial charge in [0.25, 0.3) is 11.6 Å². The van der Waals surface area contributed by atoms with Crippen LogP contribution in [0.3, 0.4) is 0 Å². The SMILES string of the molecule is O=C(NCCc1ncn[nH]1)c1cccc([N+](=O)[O-])c1Br. The predicted octanol–water partition coefficient (Wildman–Crippen LogP) is 1.45. The highest BCUT2D eigenvalue weighted by Crippen LogP contribution is 2.28. The fraction of sp³-hybridized carbons (Fsp3) is 0.182. The minimum atomic E-state index is -0.546. The third kappa shape index (κ3) is 3.18. The average molecular weight is 340 g/mol. The van der Waals surface area contributed by atoms with Crippen LogP contribution in [0.4, 0.5) is 5.69 Å². The molecule has 104 valence electrons. The van der Waals surface area contributed by atoms with Crippen molar-refractivity contribution in [2.75, 3.05) is 6.54 Å². The zero-order valence-corrected chi connectivity index (χ0v) is 11.8. The number of amides is 1. The number of hydrogen-bond donors (Lipinski definition) is 2. The van der Waals surface area contributed by atoms with Gasteiger partial charge in [0.15, 0.2) is 0 Å². The minimum Gasteiger partial charge on any atom is -0.352 e. The van der Waals surface area contributed by atoms with E-state index < -0.39 is 4.92 Å². The van der Waals surface area contributed by atoms with Crippen LogP contribution in [-0.4, -0.2) is 32.6 Å². The summed E-state index contributed by atoms with van der Waals surface area (Å²) < 4.78 is 0.169. The second-order valence-corrected chi connectivity index (χ2v) is 4.63. The smallest absolute Gasteiger partial charge is 0.284 e. The van der Waals surface area contributed by atoms with Crippen LogP contribution < -0.4 is 5.32 Å². The molecule has 20 heavy (non-hydrogen) atoms. The lowest BCUT2D eigenvalue weighted by molar-refractivity contribution is -0.385. The highest BCUT2D eigenvalue weighted by atomic mass is 79.9. The summed E-state index contributed by atoms with van der Waals surface area (Å²) in [5, 5.41) is 19.8. The molecule has 0 aliphatic heterocycles. The van der Waals surface area contributed by atoms with Crippen LogP contribution in [0.15, 0.2) is 29.0 Å². The van der Waals surface area contributed by atoms with Crippen molar-refractivity contribution >= 4 is 27.5 Å². The first kappa shape index (κ1) is 14.1. The van der Waals surface area contributed by atoms with E-state index in [1.54, 1.807) is 0 Å². The van der Waals surface area contributed by atoms with E-state index in [-0.39, 0.29) is 21.6 Å². The van der Waals surface area contributed by atoms with Crippen molar-refractivity contribution in [3.63, 3.8) is 0 Å². The first-order chi connectivity index (χ1) is 9.59. The monoisotopic (exact) mass is 339 g/mol. The van der Waals surface area contributed by atoms with Gasteiger partial charge >= 0.3 is 0 Å². The number of carbonyl (C=O) groups is 1. The molecule has 0 spiro atoms. The molecule has 1 heterocycles. The van der Waals surface area contributed by atoms with Gasteiger partial charge in [-0.25, -0.2) is 4.98 Å². The number of halogens is 1. The van der Waals surface area contributed by atoms with Crippen molar-refractivity contribution < 1.29 is 9.72 Å². The largest absolute Gasteiger partial charge is 0.352 e. The molecule has 1 aromatic carbocycles. The van der Waals surface area contributed by atoms with Crippen LogP contribution in [0, 0.1) is 10.1 Å². The molecule has 0 aliphatic rings. The Labute approximate surface area is 121 Å². The highest BCUT2D eigenvalue weighted by molar-refractivity contribution is 9.10. The second kappa shape index (κ2) is 6.24. The van der Waals surface area contributed by atoms with Gasteiger partial charge in [0.2, 0.25) is 0 Å². The Bertz CT molecular complexity index is 629. The molecule has 0 radical (unpaired) electrons. The molecular weight excluding hydrogens is 330 g/mol. The average Bonchev–Trinajstić information content (AvgIpc) is 2.91. The molecule has 0 bridgehead atoms. The van der Waals surface area contributed by atoms with E-state index >= 15 is 0 Å². The van der Waals surface area contributed by atoms with E-state index in [1.165, 1.54) is 24.5 Å². The molecular formula is C11H10BrN5O3. The Morgan fingerprint density at radius 3 is 2.95 bits per heavy atom. The van der Waals surface area contributed by atoms with Crippen molar-refractivity contribution in [1.82, 2.24) is 20.5 Å². The molecule has 0 unspecified atom stereocenters. The molecule has 2 aromatic rings. The molecule has 1 amide bonds. The zero-order valence-electron chi connectivity index (χ0n) is 10.2. The number of rotatable bonds is 5. The molecule has 0 aliphatic carbocycles. The van der Waals surface area contributed by atoms with E-state index in [0.717, 1.165) is 0 Å². The predicted molar refractivity (Wildman–Crippen MR) is 73.2 cm³/mol. The van der Waals surface area contributed by atoms with Crippen molar-refractivity contribution in [3.05, 3.63) is 50.5 Å². The highest BCUT2D eigenvalue weighted by Gasteiger charge is 2.19. The number of nitrogens with one attached hydrogen (secondary N) is 2. The lowest BCUT2D eigenvalue weighted by Gasteiger charge is -2.06. The maximum Gasteiger partial charge on any atom is 0.284 e. The zero-order chi connectivity index (χ0) is 14.5. The normalized spacial score (nSPS) is 10.2. The lowest BCUT2D eigenvalue weighted by atomic mass is 10.2. The Balaban J connectivity index is 2.02. The molecule has 0 saturated heterocycles. The van der Waals surface area contributed by atoms with Gasteiger partial charge in [-0.15, -0.1) is 0 Å². The number of nitro groups is 1. The number of H-pyrrole nitrogens is 1. The summed E-state index contributed by atoms with van der Waals surface area (Å²) in [6.45, 7) is 0.350. The maximum absolute atomic E-state index is 12.0. The van der Waals surface area contributed by atoms with Crippen LogP contribution >= 0.6 is 15.9 Å². The third-order valence-corrected chi connectivity index (χ3v) is 3.37. The molecule has 1 aromatic heterocycles. The lowest BCUT2D eigenvalue weighted by Crippen LogP contribution is -2.26. The van der Waals surface area contributed by atoms with Gasteiger partial charge in [-0.1, -0.05) is 6.07 Å². The molecule has 2 N–H and O–H groups in total. The quantitative estimate of drug-likeness (QED) is 0.632. The molecule has 0 fully saturated rings. The number of aromatic amines is 1. The second-order valence-electron chi connectivity index (χ2n) is 3.83. The van der Waals surface area contributed by atoms with Gasteiger partial charge in [0.05, 0.1) is 10.5 Å².